The summed E-state index contributed by atoms with van der Waals surface area (Å²) in [5.41, 5.74) is 5.36. The topological polar surface area (TPSA) is 46.5 Å². The first-order valence-electron chi connectivity index (χ1n) is 11.4. The van der Waals surface area contributed by atoms with Crippen molar-refractivity contribution < 1.29 is 14.6 Å². The van der Waals surface area contributed by atoms with E-state index in [-0.39, 0.29) is 10.8 Å². The second-order valence-corrected chi connectivity index (χ2v) is 10.4. The van der Waals surface area contributed by atoms with Crippen molar-refractivity contribution in [1.82, 2.24) is 0 Å². The zero-order valence-corrected chi connectivity index (χ0v) is 21.1. The first-order valence-corrected chi connectivity index (χ1v) is 11.4. The first kappa shape index (κ1) is 26.7. The monoisotopic (exact) mass is 426 g/mol. The number of benzene rings is 1. The van der Waals surface area contributed by atoms with Gasteiger partial charge in [-0.25, -0.2) is 4.79 Å². The Labute approximate surface area is 189 Å². The predicted molar refractivity (Wildman–Crippen MR) is 133 cm³/mol. The van der Waals surface area contributed by atoms with E-state index in [1.54, 1.807) is 6.92 Å². The Morgan fingerprint density at radius 1 is 1.00 bits per heavy atom. The van der Waals surface area contributed by atoms with Crippen LogP contribution < -0.4 is 4.74 Å². The first-order chi connectivity index (χ1) is 14.3. The van der Waals surface area contributed by atoms with Crippen LogP contribution in [0.3, 0.4) is 0 Å². The minimum absolute atomic E-state index is 0.0486. The molecule has 0 fully saturated rings. The lowest BCUT2D eigenvalue weighted by Crippen LogP contribution is -2.20. The number of hydrogen-bond acceptors (Lipinski definition) is 2. The van der Waals surface area contributed by atoms with E-state index in [9.17, 15) is 4.79 Å². The van der Waals surface area contributed by atoms with Gasteiger partial charge in [0.05, 0.1) is 6.61 Å². The van der Waals surface area contributed by atoms with Gasteiger partial charge in [0.15, 0.2) is 0 Å². The number of carboxylic acid groups (broad SMARTS) is 1. The summed E-state index contributed by atoms with van der Waals surface area (Å²) < 4.78 is 6.41. The molecule has 0 heterocycles. The van der Waals surface area contributed by atoms with Crippen LogP contribution in [0.5, 0.6) is 5.75 Å². The average molecular weight is 427 g/mol. The fourth-order valence-corrected chi connectivity index (χ4v) is 3.34. The van der Waals surface area contributed by atoms with Gasteiger partial charge in [-0.1, -0.05) is 79.5 Å². The molecule has 1 rings (SSSR count). The minimum atomic E-state index is -0.929. The van der Waals surface area contributed by atoms with Gasteiger partial charge in [0.2, 0.25) is 0 Å². The summed E-state index contributed by atoms with van der Waals surface area (Å²) in [6.45, 7) is 20.2. The second-order valence-electron chi connectivity index (χ2n) is 10.4. The molecule has 0 saturated carbocycles. The van der Waals surface area contributed by atoms with Gasteiger partial charge in [0.1, 0.15) is 5.75 Å². The van der Waals surface area contributed by atoms with E-state index in [2.05, 4.69) is 67.5 Å². The minimum Gasteiger partial charge on any atom is -0.493 e. The Bertz CT molecular complexity index is 805. The van der Waals surface area contributed by atoms with Crippen molar-refractivity contribution in [3.8, 4) is 5.75 Å². The second kappa shape index (κ2) is 11.4. The lowest BCUT2D eigenvalue weighted by molar-refractivity contribution is -0.131. The van der Waals surface area contributed by atoms with Crippen LogP contribution in [-0.2, 0) is 15.6 Å². The van der Waals surface area contributed by atoms with E-state index in [0.717, 1.165) is 24.4 Å². The summed E-state index contributed by atoms with van der Waals surface area (Å²) in [7, 11) is 0. The lowest BCUT2D eigenvalue weighted by Gasteiger charge is -2.31. The molecule has 0 bridgehead atoms. The van der Waals surface area contributed by atoms with Crippen molar-refractivity contribution in [2.75, 3.05) is 6.61 Å². The summed E-state index contributed by atoms with van der Waals surface area (Å²) >= 11 is 0. The third kappa shape index (κ3) is 8.77. The molecule has 0 aromatic heterocycles. The normalized spacial score (nSPS) is 13.7. The molecular weight excluding hydrogens is 384 g/mol. The molecule has 3 nitrogen and oxygen atoms in total. The molecule has 0 saturated heterocycles. The molecule has 0 unspecified atom stereocenters. The van der Waals surface area contributed by atoms with Gasteiger partial charge in [-0.2, -0.15) is 0 Å². The van der Waals surface area contributed by atoms with Crippen LogP contribution in [0.25, 0.3) is 5.57 Å². The van der Waals surface area contributed by atoms with E-state index in [4.69, 9.17) is 9.84 Å². The van der Waals surface area contributed by atoms with Gasteiger partial charge < -0.3 is 9.84 Å². The summed E-state index contributed by atoms with van der Waals surface area (Å²) in [6, 6.07) is 4.51. The Balaban J connectivity index is 3.48. The van der Waals surface area contributed by atoms with Crippen LogP contribution in [-0.4, -0.2) is 17.7 Å². The number of carboxylic acids is 1. The van der Waals surface area contributed by atoms with Gasteiger partial charge in [0.25, 0.3) is 0 Å². The van der Waals surface area contributed by atoms with Gasteiger partial charge in [-0.3, -0.25) is 0 Å². The fourth-order valence-electron chi connectivity index (χ4n) is 3.34. The highest BCUT2D eigenvalue weighted by Gasteiger charge is 2.28. The van der Waals surface area contributed by atoms with Crippen molar-refractivity contribution >= 4 is 11.5 Å². The molecule has 0 amide bonds. The van der Waals surface area contributed by atoms with Crippen LogP contribution in [0.2, 0.25) is 0 Å². The molecule has 0 spiro atoms. The maximum absolute atomic E-state index is 10.8. The maximum Gasteiger partial charge on any atom is 0.328 e. The molecule has 1 aromatic carbocycles. The van der Waals surface area contributed by atoms with Crippen LogP contribution in [0.1, 0.15) is 98.3 Å². The highest BCUT2D eigenvalue weighted by atomic mass is 16.5. The molecule has 0 atom stereocenters. The number of unbranched alkanes of at least 4 members (excludes halogenated alkanes) is 2. The summed E-state index contributed by atoms with van der Waals surface area (Å²) in [6.07, 6.45) is 10.4. The summed E-state index contributed by atoms with van der Waals surface area (Å²) in [5, 5.41) is 8.86. The number of allylic oxidation sites excluding steroid dienone is 5. The van der Waals surface area contributed by atoms with Crippen molar-refractivity contribution in [3.05, 3.63) is 58.7 Å². The smallest absolute Gasteiger partial charge is 0.328 e. The zero-order valence-electron chi connectivity index (χ0n) is 21.1. The lowest BCUT2D eigenvalue weighted by atomic mass is 9.77. The van der Waals surface area contributed by atoms with E-state index in [0.29, 0.717) is 5.57 Å². The molecule has 1 aromatic rings. The van der Waals surface area contributed by atoms with Crippen molar-refractivity contribution in [2.24, 2.45) is 0 Å². The molecule has 0 radical (unpaired) electrons. The SMILES string of the molecule is CCCCCOc1c(C(C)(C)C)cc(C(C)=CC=CC(C)=CC(=O)O)cc1C(C)(C)C. The number of carbonyl (C=O) groups is 1. The number of aliphatic carboxylic acids is 1. The highest BCUT2D eigenvalue weighted by molar-refractivity contribution is 5.81. The van der Waals surface area contributed by atoms with E-state index in [1.165, 1.54) is 35.6 Å². The Hall–Kier alpha value is -2.29. The molecule has 0 aliphatic rings. The third-order valence-electron chi connectivity index (χ3n) is 5.21. The van der Waals surface area contributed by atoms with Crippen LogP contribution in [0, 0.1) is 0 Å². The van der Waals surface area contributed by atoms with Gasteiger partial charge in [0, 0.05) is 17.2 Å². The molecule has 172 valence electrons. The number of hydrogen-bond donors (Lipinski definition) is 1. The molecule has 3 heteroatoms. The average Bonchev–Trinajstić information content (AvgIpc) is 2.62. The summed E-state index contributed by atoms with van der Waals surface area (Å²) in [4.78, 5) is 10.8. The quantitative estimate of drug-likeness (QED) is 0.248. The van der Waals surface area contributed by atoms with Crippen molar-refractivity contribution in [2.45, 2.75) is 92.4 Å². The van der Waals surface area contributed by atoms with Crippen molar-refractivity contribution in [3.63, 3.8) is 0 Å². The largest absolute Gasteiger partial charge is 0.493 e. The van der Waals surface area contributed by atoms with Crippen molar-refractivity contribution in [1.29, 1.82) is 0 Å². The Kier molecular flexibility index (Phi) is 9.80. The van der Waals surface area contributed by atoms with Gasteiger partial charge in [-0.15, -0.1) is 0 Å². The Morgan fingerprint density at radius 2 is 1.55 bits per heavy atom. The standard InChI is InChI=1S/C28H42O3/c1-10-11-12-16-31-26-23(27(4,5)6)18-22(19-24(26)28(7,8)9)21(3)15-13-14-20(2)17-25(29)30/h13-15,17-19H,10-12,16H2,1-9H3,(H,29,30). The van der Waals surface area contributed by atoms with Crippen LogP contribution >= 0.6 is 0 Å². The molecule has 0 aliphatic carbocycles. The third-order valence-corrected chi connectivity index (χ3v) is 5.21. The van der Waals surface area contributed by atoms with Gasteiger partial charge in [-0.05, 0) is 59.9 Å². The highest BCUT2D eigenvalue weighted by Crippen LogP contribution is 2.42. The molecule has 0 aliphatic heterocycles. The number of rotatable bonds is 9. The van der Waals surface area contributed by atoms with E-state index < -0.39 is 5.97 Å². The van der Waals surface area contributed by atoms with Crippen LogP contribution in [0.4, 0.5) is 0 Å². The summed E-state index contributed by atoms with van der Waals surface area (Å²) in [5.74, 6) is 0.102. The fraction of sp³-hybridized carbons (Fsp3) is 0.536. The predicted octanol–water partition coefficient (Wildman–Crippen LogP) is 7.84. The maximum atomic E-state index is 10.8. The molecular formula is C28H42O3. The van der Waals surface area contributed by atoms with Crippen LogP contribution in [0.15, 0.2) is 42.0 Å². The molecule has 1 N–H and O–H groups in total. The zero-order chi connectivity index (χ0) is 23.8. The van der Waals surface area contributed by atoms with E-state index >= 15 is 0 Å². The Morgan fingerprint density at radius 3 is 2.00 bits per heavy atom. The molecule has 31 heavy (non-hydrogen) atoms. The van der Waals surface area contributed by atoms with E-state index in [1.807, 2.05) is 18.2 Å². The number of ether oxygens (including phenoxy) is 1. The van der Waals surface area contributed by atoms with Gasteiger partial charge >= 0.3 is 5.97 Å².